The van der Waals surface area contributed by atoms with Crippen LogP contribution in [0.3, 0.4) is 0 Å². The van der Waals surface area contributed by atoms with Crippen LogP contribution < -0.4 is 0 Å². The second-order valence-electron chi connectivity index (χ2n) is 2.37. The number of hydrogen-bond acceptors (Lipinski definition) is 2. The van der Waals surface area contributed by atoms with Gasteiger partial charge in [0.15, 0.2) is 0 Å². The van der Waals surface area contributed by atoms with Gasteiger partial charge in [0.05, 0.1) is 5.75 Å². The average Bonchev–Trinajstić information content (AvgIpc) is 1.83. The van der Waals surface area contributed by atoms with Crippen LogP contribution in [-0.2, 0) is 4.79 Å². The zero-order chi connectivity index (χ0) is 6.85. The summed E-state index contributed by atoms with van der Waals surface area (Å²) in [5.41, 5.74) is 0. The predicted octanol–water partition coefficient (Wildman–Crippen LogP) is 0.580. The van der Waals surface area contributed by atoms with Crippen molar-refractivity contribution in [3.63, 3.8) is 0 Å². The molecule has 1 amide bonds. The molecule has 9 heavy (non-hydrogen) atoms. The minimum Gasteiger partial charge on any atom is -0.342 e. The lowest BCUT2D eigenvalue weighted by molar-refractivity contribution is -0.128. The largest absolute Gasteiger partial charge is 0.342 e. The smallest absolute Gasteiger partial charge is 0.232 e. The van der Waals surface area contributed by atoms with Crippen molar-refractivity contribution >= 4 is 17.7 Å². The number of carbonyl (C=O) groups excluding carboxylic acids is 1. The molecule has 0 bridgehead atoms. The highest BCUT2D eigenvalue weighted by atomic mass is 32.2. The molecule has 1 fully saturated rings. The molecule has 0 spiro atoms. The van der Waals surface area contributed by atoms with E-state index in [1.807, 2.05) is 11.9 Å². The second-order valence-corrected chi connectivity index (χ2v) is 3.40. The first kappa shape index (κ1) is 6.93. The third-order valence-corrected chi connectivity index (χ3v) is 2.81. The zero-order valence-corrected chi connectivity index (χ0v) is 6.57. The summed E-state index contributed by atoms with van der Waals surface area (Å²) in [6.45, 7) is 2.07. The summed E-state index contributed by atoms with van der Waals surface area (Å²) in [6.07, 6.45) is 0. The quantitative estimate of drug-likeness (QED) is 0.497. The molecule has 0 N–H and O–H groups in total. The Morgan fingerprint density at radius 1 is 1.78 bits per heavy atom. The van der Waals surface area contributed by atoms with Gasteiger partial charge in [-0.05, 0) is 6.92 Å². The van der Waals surface area contributed by atoms with Crippen LogP contribution in [0.2, 0.25) is 0 Å². The molecule has 0 aromatic heterocycles. The standard InChI is InChI=1S/C6H11NOS/c1-5-3-9-4-6(8)7(5)2/h5H,3-4H2,1-2H3. The average molecular weight is 145 g/mol. The summed E-state index contributed by atoms with van der Waals surface area (Å²) in [5, 5.41) is 0. The molecular formula is C6H11NOS. The van der Waals surface area contributed by atoms with E-state index in [0.717, 1.165) is 5.75 Å². The Labute approximate surface area is 59.6 Å². The van der Waals surface area contributed by atoms with Crippen LogP contribution in [-0.4, -0.2) is 35.4 Å². The van der Waals surface area contributed by atoms with E-state index in [-0.39, 0.29) is 5.91 Å². The van der Waals surface area contributed by atoms with Gasteiger partial charge in [0.1, 0.15) is 0 Å². The van der Waals surface area contributed by atoms with E-state index in [2.05, 4.69) is 6.92 Å². The Balaban J connectivity index is 2.51. The molecule has 0 aromatic rings. The lowest BCUT2D eigenvalue weighted by Gasteiger charge is -2.28. The molecule has 1 rings (SSSR count). The van der Waals surface area contributed by atoms with Crippen LogP contribution in [0.5, 0.6) is 0 Å². The van der Waals surface area contributed by atoms with E-state index in [9.17, 15) is 4.79 Å². The molecule has 1 atom stereocenters. The molecule has 0 radical (unpaired) electrons. The van der Waals surface area contributed by atoms with Crippen LogP contribution in [0.4, 0.5) is 0 Å². The van der Waals surface area contributed by atoms with Gasteiger partial charge in [-0.3, -0.25) is 4.79 Å². The van der Waals surface area contributed by atoms with Gasteiger partial charge in [0, 0.05) is 18.8 Å². The fourth-order valence-corrected chi connectivity index (χ4v) is 1.84. The second kappa shape index (κ2) is 2.60. The summed E-state index contributed by atoms with van der Waals surface area (Å²) in [4.78, 5) is 12.7. The van der Waals surface area contributed by atoms with Gasteiger partial charge >= 0.3 is 0 Å². The maximum Gasteiger partial charge on any atom is 0.232 e. The molecule has 1 saturated heterocycles. The Hall–Kier alpha value is -0.180. The van der Waals surface area contributed by atoms with Crippen LogP contribution in [0, 0.1) is 0 Å². The minimum atomic E-state index is 0.263. The third kappa shape index (κ3) is 1.39. The van der Waals surface area contributed by atoms with Gasteiger partial charge in [-0.15, -0.1) is 11.8 Å². The van der Waals surface area contributed by atoms with Crippen molar-refractivity contribution in [3.8, 4) is 0 Å². The molecule has 1 aliphatic rings. The van der Waals surface area contributed by atoms with Crippen molar-refractivity contribution in [2.45, 2.75) is 13.0 Å². The van der Waals surface area contributed by atoms with E-state index >= 15 is 0 Å². The maximum absolute atomic E-state index is 10.9. The Bertz CT molecular complexity index is 126. The Kier molecular flexibility index (Phi) is 2.01. The Morgan fingerprint density at radius 3 is 2.89 bits per heavy atom. The molecular weight excluding hydrogens is 134 g/mol. The van der Waals surface area contributed by atoms with Crippen LogP contribution in [0.25, 0.3) is 0 Å². The van der Waals surface area contributed by atoms with Gasteiger partial charge in [-0.1, -0.05) is 0 Å². The maximum atomic E-state index is 10.9. The summed E-state index contributed by atoms with van der Waals surface area (Å²) in [7, 11) is 1.87. The monoisotopic (exact) mass is 145 g/mol. The minimum absolute atomic E-state index is 0.263. The van der Waals surface area contributed by atoms with Crippen molar-refractivity contribution in [1.29, 1.82) is 0 Å². The number of thioether (sulfide) groups is 1. The molecule has 52 valence electrons. The van der Waals surface area contributed by atoms with Crippen molar-refractivity contribution in [2.75, 3.05) is 18.6 Å². The van der Waals surface area contributed by atoms with Crippen molar-refractivity contribution in [3.05, 3.63) is 0 Å². The van der Waals surface area contributed by atoms with E-state index in [0.29, 0.717) is 11.8 Å². The van der Waals surface area contributed by atoms with Gasteiger partial charge in [0.2, 0.25) is 5.91 Å². The summed E-state index contributed by atoms with van der Waals surface area (Å²) >= 11 is 1.72. The van der Waals surface area contributed by atoms with Crippen molar-refractivity contribution in [2.24, 2.45) is 0 Å². The van der Waals surface area contributed by atoms with Crippen molar-refractivity contribution in [1.82, 2.24) is 4.90 Å². The van der Waals surface area contributed by atoms with E-state index in [1.165, 1.54) is 0 Å². The fraction of sp³-hybridized carbons (Fsp3) is 0.833. The first-order valence-electron chi connectivity index (χ1n) is 3.05. The fourth-order valence-electron chi connectivity index (χ4n) is 0.776. The molecule has 0 aliphatic carbocycles. The summed E-state index contributed by atoms with van der Waals surface area (Å²) < 4.78 is 0. The highest BCUT2D eigenvalue weighted by Gasteiger charge is 2.20. The predicted molar refractivity (Wildman–Crippen MR) is 39.6 cm³/mol. The molecule has 3 heteroatoms. The molecule has 2 nitrogen and oxygen atoms in total. The van der Waals surface area contributed by atoms with Crippen LogP contribution >= 0.6 is 11.8 Å². The van der Waals surface area contributed by atoms with E-state index in [1.54, 1.807) is 11.8 Å². The highest BCUT2D eigenvalue weighted by molar-refractivity contribution is 8.00. The van der Waals surface area contributed by atoms with Crippen molar-refractivity contribution < 1.29 is 4.79 Å². The van der Waals surface area contributed by atoms with Gasteiger partial charge in [-0.25, -0.2) is 0 Å². The molecule has 0 saturated carbocycles. The summed E-state index contributed by atoms with van der Waals surface area (Å²) in [5.74, 6) is 2.02. The van der Waals surface area contributed by atoms with E-state index < -0.39 is 0 Å². The highest BCUT2D eigenvalue weighted by Crippen LogP contribution is 2.14. The number of nitrogens with zero attached hydrogens (tertiary/aromatic N) is 1. The lowest BCUT2D eigenvalue weighted by Crippen LogP contribution is -2.41. The van der Waals surface area contributed by atoms with Gasteiger partial charge < -0.3 is 4.90 Å². The van der Waals surface area contributed by atoms with Crippen LogP contribution in [0.15, 0.2) is 0 Å². The number of amides is 1. The molecule has 1 unspecified atom stereocenters. The molecule has 1 aliphatic heterocycles. The first-order chi connectivity index (χ1) is 4.22. The Morgan fingerprint density at radius 2 is 2.44 bits per heavy atom. The van der Waals surface area contributed by atoms with Gasteiger partial charge in [0.25, 0.3) is 0 Å². The molecule has 1 heterocycles. The number of rotatable bonds is 0. The third-order valence-electron chi connectivity index (χ3n) is 1.64. The van der Waals surface area contributed by atoms with E-state index in [4.69, 9.17) is 0 Å². The van der Waals surface area contributed by atoms with Gasteiger partial charge in [-0.2, -0.15) is 0 Å². The zero-order valence-electron chi connectivity index (χ0n) is 5.76. The number of carbonyl (C=O) groups is 1. The molecule has 0 aromatic carbocycles. The normalized spacial score (nSPS) is 28.9. The SMILES string of the molecule is CC1CSCC(=O)N1C. The number of hydrogen-bond donors (Lipinski definition) is 0. The van der Waals surface area contributed by atoms with Crippen LogP contribution in [0.1, 0.15) is 6.92 Å². The topological polar surface area (TPSA) is 20.3 Å². The lowest BCUT2D eigenvalue weighted by atomic mass is 10.3. The summed E-state index contributed by atoms with van der Waals surface area (Å²) in [6, 6.07) is 0.427. The first-order valence-corrected chi connectivity index (χ1v) is 4.20.